The van der Waals surface area contributed by atoms with Crippen LogP contribution in [-0.4, -0.2) is 50.1 Å². The van der Waals surface area contributed by atoms with Crippen molar-refractivity contribution < 1.29 is 9.53 Å². The van der Waals surface area contributed by atoms with Gasteiger partial charge in [0, 0.05) is 38.3 Å². The summed E-state index contributed by atoms with van der Waals surface area (Å²) in [5.74, 6) is 1.75. The van der Waals surface area contributed by atoms with E-state index in [0.717, 1.165) is 55.2 Å². The summed E-state index contributed by atoms with van der Waals surface area (Å²) in [7, 11) is 3.54. The van der Waals surface area contributed by atoms with E-state index in [4.69, 9.17) is 9.73 Å². The first-order valence-electron chi connectivity index (χ1n) is 11.6. The largest absolute Gasteiger partial charge is 0.490 e. The lowest BCUT2D eigenvalue weighted by atomic mass is 10.1. The number of nitrogens with one attached hydrogen (secondary N) is 2. The van der Waals surface area contributed by atoms with Gasteiger partial charge in [0.25, 0.3) is 5.91 Å². The van der Waals surface area contributed by atoms with Crippen molar-refractivity contribution in [2.45, 2.75) is 51.7 Å². The van der Waals surface area contributed by atoms with Gasteiger partial charge in [0.15, 0.2) is 5.96 Å². The van der Waals surface area contributed by atoms with Crippen LogP contribution in [0.1, 0.15) is 54.1 Å². The standard InChI is InChI=1S/C26H36N4O2.HI/c1-4-27-26(28-17-16-20-10-9-12-21(18-20)25(31)30(2)3)29-19-22-11-5-8-15-24(22)32-23-13-6-7-14-23;/h5,8-12,15,18,23H,4,6-7,13-14,16-17,19H2,1-3H3,(H2,27,28,29);1H. The Bertz CT molecular complexity index is 911. The molecule has 0 aromatic heterocycles. The molecule has 1 aliphatic carbocycles. The van der Waals surface area contributed by atoms with E-state index in [2.05, 4.69) is 29.7 Å². The van der Waals surface area contributed by atoms with E-state index < -0.39 is 0 Å². The van der Waals surface area contributed by atoms with Gasteiger partial charge >= 0.3 is 0 Å². The first-order chi connectivity index (χ1) is 15.6. The fraction of sp³-hybridized carbons (Fsp3) is 0.462. The number of nitrogens with zero attached hydrogens (tertiary/aromatic N) is 2. The van der Waals surface area contributed by atoms with Gasteiger partial charge in [-0.1, -0.05) is 30.3 Å². The van der Waals surface area contributed by atoms with Crippen LogP contribution in [0.2, 0.25) is 0 Å². The Morgan fingerprint density at radius 1 is 1.09 bits per heavy atom. The van der Waals surface area contributed by atoms with Crippen molar-refractivity contribution in [1.29, 1.82) is 0 Å². The maximum Gasteiger partial charge on any atom is 0.253 e. The van der Waals surface area contributed by atoms with Gasteiger partial charge in [0.1, 0.15) is 5.75 Å². The highest BCUT2D eigenvalue weighted by Gasteiger charge is 2.17. The van der Waals surface area contributed by atoms with E-state index >= 15 is 0 Å². The van der Waals surface area contributed by atoms with Gasteiger partial charge in [-0.05, 0) is 62.8 Å². The van der Waals surface area contributed by atoms with Crippen molar-refractivity contribution in [2.24, 2.45) is 4.99 Å². The molecule has 0 atom stereocenters. The van der Waals surface area contributed by atoms with Gasteiger partial charge < -0.3 is 20.3 Å². The number of para-hydroxylation sites is 1. The summed E-state index contributed by atoms with van der Waals surface area (Å²) in [5.41, 5.74) is 2.94. The number of carbonyl (C=O) groups excluding carboxylic acids is 1. The predicted molar refractivity (Wildman–Crippen MR) is 146 cm³/mol. The summed E-state index contributed by atoms with van der Waals surface area (Å²) in [5, 5.41) is 6.72. The minimum atomic E-state index is 0. The van der Waals surface area contributed by atoms with E-state index in [1.807, 2.05) is 36.4 Å². The molecule has 1 aliphatic rings. The molecule has 3 rings (SSSR count). The van der Waals surface area contributed by atoms with Crippen LogP contribution in [0, 0.1) is 0 Å². The second-order valence-electron chi connectivity index (χ2n) is 8.40. The Balaban J connectivity index is 0.00000385. The third kappa shape index (κ3) is 8.53. The second kappa shape index (κ2) is 14.1. The highest BCUT2D eigenvalue weighted by molar-refractivity contribution is 14.0. The van der Waals surface area contributed by atoms with Crippen LogP contribution in [0.4, 0.5) is 0 Å². The number of aliphatic imine (C=N–C) groups is 1. The van der Waals surface area contributed by atoms with Crippen LogP contribution >= 0.6 is 24.0 Å². The number of rotatable bonds is 9. The average molecular weight is 565 g/mol. The van der Waals surface area contributed by atoms with Crippen molar-refractivity contribution in [1.82, 2.24) is 15.5 Å². The number of hydrogen-bond acceptors (Lipinski definition) is 3. The molecule has 7 heteroatoms. The Morgan fingerprint density at radius 2 is 1.85 bits per heavy atom. The van der Waals surface area contributed by atoms with Crippen LogP contribution in [0.3, 0.4) is 0 Å². The number of benzene rings is 2. The van der Waals surface area contributed by atoms with Crippen LogP contribution in [0.15, 0.2) is 53.5 Å². The van der Waals surface area contributed by atoms with Crippen LogP contribution in [-0.2, 0) is 13.0 Å². The molecule has 0 radical (unpaired) electrons. The molecular weight excluding hydrogens is 527 g/mol. The summed E-state index contributed by atoms with van der Waals surface area (Å²) in [6.45, 7) is 4.14. The minimum Gasteiger partial charge on any atom is -0.490 e. The highest BCUT2D eigenvalue weighted by Crippen LogP contribution is 2.27. The third-order valence-electron chi connectivity index (χ3n) is 5.61. The first-order valence-corrected chi connectivity index (χ1v) is 11.6. The molecule has 0 unspecified atom stereocenters. The number of halogens is 1. The maximum absolute atomic E-state index is 12.2. The van der Waals surface area contributed by atoms with Gasteiger partial charge in [-0.25, -0.2) is 4.99 Å². The maximum atomic E-state index is 12.2. The van der Waals surface area contributed by atoms with Gasteiger partial charge in [-0.2, -0.15) is 0 Å². The Morgan fingerprint density at radius 3 is 2.58 bits per heavy atom. The first kappa shape index (κ1) is 27.0. The monoisotopic (exact) mass is 564 g/mol. The zero-order chi connectivity index (χ0) is 22.8. The molecule has 1 fully saturated rings. The molecule has 2 aromatic rings. The molecule has 0 saturated heterocycles. The molecule has 6 nitrogen and oxygen atoms in total. The lowest BCUT2D eigenvalue weighted by molar-refractivity contribution is 0.0827. The van der Waals surface area contributed by atoms with Crippen molar-refractivity contribution in [3.8, 4) is 5.75 Å². The number of ether oxygens (including phenoxy) is 1. The highest BCUT2D eigenvalue weighted by atomic mass is 127. The molecule has 1 saturated carbocycles. The summed E-state index contributed by atoms with van der Waals surface area (Å²) < 4.78 is 6.24. The predicted octanol–water partition coefficient (Wildman–Crippen LogP) is 4.63. The topological polar surface area (TPSA) is 66.0 Å². The lowest BCUT2D eigenvalue weighted by Gasteiger charge is -2.16. The Kier molecular flexibility index (Phi) is 11.5. The quantitative estimate of drug-likeness (QED) is 0.265. The van der Waals surface area contributed by atoms with E-state index in [0.29, 0.717) is 18.2 Å². The van der Waals surface area contributed by atoms with Gasteiger partial charge in [0.2, 0.25) is 0 Å². The number of guanidine groups is 1. The molecule has 0 heterocycles. The lowest BCUT2D eigenvalue weighted by Crippen LogP contribution is -2.38. The Hall–Kier alpha value is -2.29. The molecule has 0 bridgehead atoms. The minimum absolute atomic E-state index is 0. The van der Waals surface area contributed by atoms with E-state index in [-0.39, 0.29) is 29.9 Å². The Labute approximate surface area is 215 Å². The summed E-state index contributed by atoms with van der Waals surface area (Å²) in [6.07, 6.45) is 5.94. The fourth-order valence-electron chi connectivity index (χ4n) is 3.88. The molecule has 2 aromatic carbocycles. The van der Waals surface area contributed by atoms with Crippen molar-refractivity contribution in [3.05, 3.63) is 65.2 Å². The SMILES string of the molecule is CCNC(=NCc1ccccc1OC1CCCC1)NCCc1cccc(C(=O)N(C)C)c1.I. The summed E-state index contributed by atoms with van der Waals surface area (Å²) in [6, 6.07) is 16.0. The molecule has 1 amide bonds. The van der Waals surface area contributed by atoms with Crippen LogP contribution in [0.5, 0.6) is 5.75 Å². The fourth-order valence-corrected chi connectivity index (χ4v) is 3.88. The second-order valence-corrected chi connectivity index (χ2v) is 8.40. The summed E-state index contributed by atoms with van der Waals surface area (Å²) in [4.78, 5) is 18.6. The number of hydrogen-bond donors (Lipinski definition) is 2. The summed E-state index contributed by atoms with van der Waals surface area (Å²) >= 11 is 0. The number of amides is 1. The zero-order valence-electron chi connectivity index (χ0n) is 20.0. The normalized spacial score (nSPS) is 13.8. The van der Waals surface area contributed by atoms with E-state index in [9.17, 15) is 4.79 Å². The number of carbonyl (C=O) groups is 1. The van der Waals surface area contributed by atoms with Gasteiger partial charge in [-0.15, -0.1) is 24.0 Å². The van der Waals surface area contributed by atoms with Crippen molar-refractivity contribution in [2.75, 3.05) is 27.2 Å². The molecular formula is C26H37IN4O2. The molecule has 0 spiro atoms. The molecule has 2 N–H and O–H groups in total. The van der Waals surface area contributed by atoms with Crippen molar-refractivity contribution >= 4 is 35.8 Å². The van der Waals surface area contributed by atoms with Gasteiger partial charge in [0.05, 0.1) is 12.6 Å². The zero-order valence-corrected chi connectivity index (χ0v) is 22.3. The van der Waals surface area contributed by atoms with E-state index in [1.165, 1.54) is 12.8 Å². The van der Waals surface area contributed by atoms with Gasteiger partial charge in [-0.3, -0.25) is 4.79 Å². The van der Waals surface area contributed by atoms with E-state index in [1.54, 1.807) is 19.0 Å². The van der Waals surface area contributed by atoms with Crippen LogP contribution in [0.25, 0.3) is 0 Å². The average Bonchev–Trinajstić information content (AvgIpc) is 3.31. The molecule has 0 aliphatic heterocycles. The molecule has 33 heavy (non-hydrogen) atoms. The smallest absolute Gasteiger partial charge is 0.253 e. The van der Waals surface area contributed by atoms with Crippen LogP contribution < -0.4 is 15.4 Å². The molecule has 180 valence electrons. The van der Waals surface area contributed by atoms with Crippen molar-refractivity contribution in [3.63, 3.8) is 0 Å². The third-order valence-corrected chi connectivity index (χ3v) is 5.61.